The number of carbonyl (C=O) groups excluding carboxylic acids is 2. The van der Waals surface area contributed by atoms with Crippen molar-refractivity contribution in [1.82, 2.24) is 9.47 Å². The molecule has 164 valence electrons. The van der Waals surface area contributed by atoms with Gasteiger partial charge in [0.2, 0.25) is 5.91 Å². The van der Waals surface area contributed by atoms with E-state index in [4.69, 9.17) is 15.2 Å². The van der Waals surface area contributed by atoms with Crippen molar-refractivity contribution in [3.05, 3.63) is 62.1 Å². The Morgan fingerprint density at radius 1 is 1.26 bits per heavy atom. The molecule has 1 aromatic carbocycles. The van der Waals surface area contributed by atoms with E-state index in [0.29, 0.717) is 24.5 Å². The summed E-state index contributed by atoms with van der Waals surface area (Å²) >= 11 is 0. The predicted molar refractivity (Wildman–Crippen MR) is 109 cm³/mol. The number of pyridine rings is 1. The molecule has 1 aliphatic rings. The highest BCUT2D eigenvalue weighted by Crippen LogP contribution is 2.39. The first-order chi connectivity index (χ1) is 14.8. The van der Waals surface area contributed by atoms with Gasteiger partial charge in [0.25, 0.3) is 17.2 Å². The van der Waals surface area contributed by atoms with Crippen LogP contribution >= 0.6 is 0 Å². The Morgan fingerprint density at radius 2 is 2.00 bits per heavy atom. The zero-order valence-corrected chi connectivity index (χ0v) is 17.1. The van der Waals surface area contributed by atoms with Gasteiger partial charge in [0.15, 0.2) is 0 Å². The summed E-state index contributed by atoms with van der Waals surface area (Å²) in [5, 5.41) is 11.2. The van der Waals surface area contributed by atoms with Gasteiger partial charge in [-0.2, -0.15) is 0 Å². The average Bonchev–Trinajstić information content (AvgIpc) is 3.24. The maximum absolute atomic E-state index is 13.1. The van der Waals surface area contributed by atoms with Gasteiger partial charge in [0.1, 0.15) is 23.6 Å². The lowest BCUT2D eigenvalue weighted by Crippen LogP contribution is -2.38. The highest BCUT2D eigenvalue weighted by Gasteiger charge is 2.32. The Morgan fingerprint density at radius 3 is 2.61 bits per heavy atom. The number of amides is 2. The highest BCUT2D eigenvalue weighted by molar-refractivity contribution is 5.93. The predicted octanol–water partition coefficient (Wildman–Crippen LogP) is 1.24. The molecule has 0 bridgehead atoms. The van der Waals surface area contributed by atoms with Crippen molar-refractivity contribution in [3.63, 3.8) is 0 Å². The van der Waals surface area contributed by atoms with Crippen molar-refractivity contribution in [1.29, 1.82) is 0 Å². The first-order valence-electron chi connectivity index (χ1n) is 9.47. The van der Waals surface area contributed by atoms with Crippen molar-refractivity contribution in [3.8, 4) is 11.5 Å². The fraction of sp³-hybridized carbons (Fsp3) is 0.350. The average molecular weight is 430 g/mol. The molecule has 0 radical (unpaired) electrons. The van der Waals surface area contributed by atoms with E-state index in [9.17, 15) is 24.5 Å². The smallest absolute Gasteiger partial charge is 0.286 e. The van der Waals surface area contributed by atoms with Crippen LogP contribution < -0.4 is 20.8 Å². The summed E-state index contributed by atoms with van der Waals surface area (Å²) in [7, 11) is 3.06. The molecule has 2 aromatic rings. The normalized spacial score (nSPS) is 15.5. The van der Waals surface area contributed by atoms with Crippen LogP contribution in [0.5, 0.6) is 11.5 Å². The standard InChI is InChI=1S/C20H22N4O7/c1-30-13-5-6-17(31-2)14(9-13)16-4-3-7-23(16)18(25)11-22-10-12(24(28)29)8-15(19(21)26)20(22)27/h5-6,8-10,16H,3-4,7,11H2,1-2H3,(H2,21,26). The Kier molecular flexibility index (Phi) is 6.23. The van der Waals surface area contributed by atoms with Crippen LogP contribution in [0.4, 0.5) is 5.69 Å². The van der Waals surface area contributed by atoms with E-state index in [2.05, 4.69) is 0 Å². The zero-order chi connectivity index (χ0) is 22.7. The monoisotopic (exact) mass is 430 g/mol. The maximum atomic E-state index is 13.1. The number of ether oxygens (including phenoxy) is 2. The van der Waals surface area contributed by atoms with Gasteiger partial charge in [-0.15, -0.1) is 0 Å². The van der Waals surface area contributed by atoms with Crippen LogP contribution in [0.2, 0.25) is 0 Å². The lowest BCUT2D eigenvalue weighted by molar-refractivity contribution is -0.385. The topological polar surface area (TPSA) is 147 Å². The summed E-state index contributed by atoms with van der Waals surface area (Å²) < 4.78 is 11.6. The van der Waals surface area contributed by atoms with Gasteiger partial charge in [-0.05, 0) is 31.0 Å². The van der Waals surface area contributed by atoms with E-state index in [1.807, 2.05) is 0 Å². The molecule has 0 spiro atoms. The number of aromatic nitrogens is 1. The highest BCUT2D eigenvalue weighted by atomic mass is 16.6. The second-order valence-electron chi connectivity index (χ2n) is 7.02. The largest absolute Gasteiger partial charge is 0.497 e. The van der Waals surface area contributed by atoms with Gasteiger partial charge < -0.3 is 20.1 Å². The van der Waals surface area contributed by atoms with Crippen LogP contribution in [-0.4, -0.2) is 47.0 Å². The summed E-state index contributed by atoms with van der Waals surface area (Å²) in [4.78, 5) is 49.1. The van der Waals surface area contributed by atoms with Gasteiger partial charge in [-0.25, -0.2) is 0 Å². The first kappa shape index (κ1) is 21.8. The van der Waals surface area contributed by atoms with Crippen molar-refractivity contribution < 1.29 is 24.0 Å². The second-order valence-corrected chi connectivity index (χ2v) is 7.02. The molecule has 1 saturated heterocycles. The summed E-state index contributed by atoms with van der Waals surface area (Å²) in [6.45, 7) is -0.0280. The third-order valence-electron chi connectivity index (χ3n) is 5.22. The number of carbonyl (C=O) groups is 2. The molecule has 3 rings (SSSR count). The number of hydrogen-bond donors (Lipinski definition) is 1. The molecular formula is C20H22N4O7. The number of likely N-dealkylation sites (tertiary alicyclic amines) is 1. The fourth-order valence-electron chi connectivity index (χ4n) is 3.74. The van der Waals surface area contributed by atoms with Gasteiger partial charge >= 0.3 is 0 Å². The van der Waals surface area contributed by atoms with Crippen LogP contribution in [-0.2, 0) is 11.3 Å². The summed E-state index contributed by atoms with van der Waals surface area (Å²) in [5.74, 6) is -0.328. The van der Waals surface area contributed by atoms with E-state index in [1.54, 1.807) is 23.1 Å². The molecule has 11 heteroatoms. The molecule has 11 nitrogen and oxygen atoms in total. The van der Waals surface area contributed by atoms with E-state index in [-0.39, 0.29) is 6.04 Å². The third kappa shape index (κ3) is 4.34. The number of hydrogen-bond acceptors (Lipinski definition) is 7. The third-order valence-corrected chi connectivity index (χ3v) is 5.22. The molecule has 31 heavy (non-hydrogen) atoms. The number of benzene rings is 1. The summed E-state index contributed by atoms with van der Waals surface area (Å²) in [6, 6.07) is 5.78. The molecular weight excluding hydrogens is 408 g/mol. The Bertz CT molecular complexity index is 1100. The molecule has 1 aliphatic heterocycles. The number of methoxy groups -OCH3 is 2. The van der Waals surface area contributed by atoms with Crippen LogP contribution in [0.1, 0.15) is 34.8 Å². The number of nitro groups is 1. The molecule has 1 aromatic heterocycles. The van der Waals surface area contributed by atoms with E-state index < -0.39 is 40.1 Å². The molecule has 2 N–H and O–H groups in total. The number of rotatable bonds is 7. The minimum Gasteiger partial charge on any atom is -0.497 e. The lowest BCUT2D eigenvalue weighted by atomic mass is 10.0. The van der Waals surface area contributed by atoms with Gasteiger partial charge in [0.05, 0.1) is 31.4 Å². The van der Waals surface area contributed by atoms with Crippen molar-refractivity contribution in [2.75, 3.05) is 20.8 Å². The Labute approximate surface area is 177 Å². The first-order valence-corrected chi connectivity index (χ1v) is 9.47. The number of primary amides is 1. The Balaban J connectivity index is 1.95. The summed E-state index contributed by atoms with van der Waals surface area (Å²) in [5.41, 5.74) is 4.02. The van der Waals surface area contributed by atoms with Gasteiger partial charge in [0, 0.05) is 18.2 Å². The SMILES string of the molecule is COc1ccc(OC)c(C2CCCN2C(=O)Cn2cc([N+](=O)[O-])cc(C(N)=O)c2=O)c1. The quantitative estimate of drug-likeness (QED) is 0.513. The molecule has 1 fully saturated rings. The number of nitrogens with two attached hydrogens (primary N) is 1. The summed E-state index contributed by atoms with van der Waals surface area (Å²) in [6.07, 6.45) is 2.34. The Hall–Kier alpha value is -3.89. The van der Waals surface area contributed by atoms with Gasteiger partial charge in [-0.3, -0.25) is 29.1 Å². The molecule has 0 aliphatic carbocycles. The van der Waals surface area contributed by atoms with Crippen molar-refractivity contribution in [2.45, 2.75) is 25.4 Å². The molecule has 0 saturated carbocycles. The van der Waals surface area contributed by atoms with Crippen LogP contribution in [0.3, 0.4) is 0 Å². The zero-order valence-electron chi connectivity index (χ0n) is 17.1. The molecule has 1 unspecified atom stereocenters. The fourth-order valence-corrected chi connectivity index (χ4v) is 3.74. The van der Waals surface area contributed by atoms with Gasteiger partial charge in [-0.1, -0.05) is 0 Å². The van der Waals surface area contributed by atoms with E-state index in [1.165, 1.54) is 14.2 Å². The minimum absolute atomic E-state index is 0.317. The number of nitrogens with zero attached hydrogens (tertiary/aromatic N) is 3. The van der Waals surface area contributed by atoms with E-state index in [0.717, 1.165) is 28.8 Å². The molecule has 2 amide bonds. The van der Waals surface area contributed by atoms with Crippen molar-refractivity contribution >= 4 is 17.5 Å². The van der Waals surface area contributed by atoms with Crippen molar-refractivity contribution in [2.24, 2.45) is 5.73 Å². The van der Waals surface area contributed by atoms with E-state index >= 15 is 0 Å². The minimum atomic E-state index is -1.10. The van der Waals surface area contributed by atoms with Crippen LogP contribution in [0, 0.1) is 10.1 Å². The van der Waals surface area contributed by atoms with Crippen LogP contribution in [0.15, 0.2) is 35.3 Å². The molecule has 1 atom stereocenters. The molecule has 2 heterocycles. The van der Waals surface area contributed by atoms with Crippen LogP contribution in [0.25, 0.3) is 0 Å². The maximum Gasteiger partial charge on any atom is 0.286 e. The second kappa shape index (κ2) is 8.86. The lowest BCUT2D eigenvalue weighted by Gasteiger charge is -2.27.